The lowest BCUT2D eigenvalue weighted by Crippen LogP contribution is -2.27. The first kappa shape index (κ1) is 14.9. The van der Waals surface area contributed by atoms with Crippen LogP contribution in [0, 0.1) is 0 Å². The molecule has 0 bridgehead atoms. The van der Waals surface area contributed by atoms with Crippen molar-refractivity contribution in [3.63, 3.8) is 0 Å². The van der Waals surface area contributed by atoms with Crippen molar-refractivity contribution < 1.29 is 4.79 Å². The maximum atomic E-state index is 11.6. The van der Waals surface area contributed by atoms with Gasteiger partial charge < -0.3 is 0 Å². The minimum atomic E-state index is -0.0261. The summed E-state index contributed by atoms with van der Waals surface area (Å²) in [6.07, 6.45) is 3.17. The fraction of sp³-hybridized carbons (Fsp3) is 0.308. The number of hydrogen-bond acceptors (Lipinski definition) is 6. The lowest BCUT2D eigenvalue weighted by molar-refractivity contribution is -0.116. The summed E-state index contributed by atoms with van der Waals surface area (Å²) in [7, 11) is 0. The van der Waals surface area contributed by atoms with E-state index >= 15 is 0 Å². The van der Waals surface area contributed by atoms with Crippen LogP contribution in [0.3, 0.4) is 0 Å². The van der Waals surface area contributed by atoms with E-state index in [0.29, 0.717) is 34.5 Å². The Hall–Kier alpha value is -2.06. The summed E-state index contributed by atoms with van der Waals surface area (Å²) in [6.45, 7) is 4.46. The Morgan fingerprint density at radius 2 is 2.18 bits per heavy atom. The molecule has 0 spiro atoms. The highest BCUT2D eigenvalue weighted by atomic mass is 35.5. The third kappa shape index (κ3) is 2.67. The van der Waals surface area contributed by atoms with Crippen molar-refractivity contribution in [2.75, 3.05) is 11.4 Å². The molecule has 0 aliphatic carbocycles. The van der Waals surface area contributed by atoms with E-state index in [9.17, 15) is 4.79 Å². The number of nitrogens with zero attached hydrogens (tertiary/aromatic N) is 6. The van der Waals surface area contributed by atoms with Crippen LogP contribution in [-0.2, 0) is 11.3 Å². The fourth-order valence-corrected chi connectivity index (χ4v) is 3.26. The summed E-state index contributed by atoms with van der Waals surface area (Å²) < 4.78 is 1.66. The Balaban J connectivity index is 1.90. The fourth-order valence-electron chi connectivity index (χ4n) is 2.11. The smallest absolute Gasteiger partial charge is 0.225 e. The van der Waals surface area contributed by atoms with Crippen molar-refractivity contribution in [2.45, 2.75) is 20.4 Å². The highest BCUT2D eigenvalue weighted by molar-refractivity contribution is 7.14. The van der Waals surface area contributed by atoms with E-state index in [1.807, 2.05) is 12.3 Å². The van der Waals surface area contributed by atoms with Crippen molar-refractivity contribution in [3.05, 3.63) is 28.6 Å². The third-order valence-corrected chi connectivity index (χ3v) is 4.27. The van der Waals surface area contributed by atoms with Crippen molar-refractivity contribution in [1.29, 1.82) is 0 Å². The van der Waals surface area contributed by atoms with Crippen LogP contribution in [0.1, 0.15) is 19.5 Å². The van der Waals surface area contributed by atoms with Crippen LogP contribution in [0.5, 0.6) is 0 Å². The Morgan fingerprint density at radius 3 is 2.91 bits per heavy atom. The zero-order valence-corrected chi connectivity index (χ0v) is 13.6. The molecule has 0 saturated heterocycles. The summed E-state index contributed by atoms with van der Waals surface area (Å²) in [5, 5.41) is 7.13. The number of hydrogen-bond donors (Lipinski definition) is 0. The SMILES string of the molecule is CCN(C(C)=O)c1nc(Cn2nc(Cl)c3nccnc32)cs1. The lowest BCUT2D eigenvalue weighted by atomic mass is 10.5. The normalized spacial score (nSPS) is 11.0. The lowest BCUT2D eigenvalue weighted by Gasteiger charge is -2.14. The van der Waals surface area contributed by atoms with Gasteiger partial charge in [0.25, 0.3) is 0 Å². The second-order valence-electron chi connectivity index (χ2n) is 4.56. The molecule has 0 saturated carbocycles. The van der Waals surface area contributed by atoms with E-state index in [0.717, 1.165) is 5.69 Å². The van der Waals surface area contributed by atoms with Gasteiger partial charge in [0.2, 0.25) is 5.91 Å². The zero-order valence-electron chi connectivity index (χ0n) is 12.0. The molecule has 3 rings (SSSR count). The molecule has 0 atom stereocenters. The molecule has 7 nitrogen and oxygen atoms in total. The Kier molecular flexibility index (Phi) is 4.04. The second kappa shape index (κ2) is 5.98. The second-order valence-corrected chi connectivity index (χ2v) is 5.76. The van der Waals surface area contributed by atoms with Gasteiger partial charge in [-0.25, -0.2) is 19.6 Å². The van der Waals surface area contributed by atoms with E-state index in [4.69, 9.17) is 11.6 Å². The molecule has 0 fully saturated rings. The predicted octanol–water partition coefficient (Wildman–Crippen LogP) is 2.36. The highest BCUT2D eigenvalue weighted by Gasteiger charge is 2.16. The molecule has 0 N–H and O–H groups in total. The predicted molar refractivity (Wildman–Crippen MR) is 85.3 cm³/mol. The van der Waals surface area contributed by atoms with Gasteiger partial charge in [-0.1, -0.05) is 11.6 Å². The van der Waals surface area contributed by atoms with E-state index in [1.165, 1.54) is 18.3 Å². The van der Waals surface area contributed by atoms with E-state index < -0.39 is 0 Å². The van der Waals surface area contributed by atoms with Gasteiger partial charge in [0, 0.05) is 31.2 Å². The quantitative estimate of drug-likeness (QED) is 0.731. The van der Waals surface area contributed by atoms with Gasteiger partial charge in [0.15, 0.2) is 15.9 Å². The van der Waals surface area contributed by atoms with Gasteiger partial charge in [0.1, 0.15) is 5.52 Å². The molecule has 1 amide bonds. The molecule has 0 radical (unpaired) electrons. The Bertz CT molecular complexity index is 829. The first-order valence-electron chi connectivity index (χ1n) is 6.65. The minimum Gasteiger partial charge on any atom is -0.289 e. The topological polar surface area (TPSA) is 76.8 Å². The summed E-state index contributed by atoms with van der Waals surface area (Å²) >= 11 is 7.48. The van der Waals surface area contributed by atoms with Gasteiger partial charge in [-0.15, -0.1) is 11.3 Å². The maximum Gasteiger partial charge on any atom is 0.225 e. The molecular weight excluding hydrogens is 324 g/mol. The number of aromatic nitrogens is 5. The number of anilines is 1. The van der Waals surface area contributed by atoms with Crippen LogP contribution < -0.4 is 4.90 Å². The van der Waals surface area contributed by atoms with Crippen LogP contribution in [0.15, 0.2) is 17.8 Å². The van der Waals surface area contributed by atoms with Gasteiger partial charge in [-0.3, -0.25) is 9.69 Å². The van der Waals surface area contributed by atoms with E-state index in [2.05, 4.69) is 20.1 Å². The summed E-state index contributed by atoms with van der Waals surface area (Å²) in [6, 6.07) is 0. The average Bonchev–Trinajstić information content (AvgIpc) is 3.06. The van der Waals surface area contributed by atoms with E-state index in [1.54, 1.807) is 22.0 Å². The van der Waals surface area contributed by atoms with Crippen molar-refractivity contribution in [1.82, 2.24) is 24.7 Å². The minimum absolute atomic E-state index is 0.0261. The molecule has 0 aliphatic rings. The first-order valence-corrected chi connectivity index (χ1v) is 7.91. The van der Waals surface area contributed by atoms with Gasteiger partial charge in [-0.2, -0.15) is 5.10 Å². The molecule has 22 heavy (non-hydrogen) atoms. The largest absolute Gasteiger partial charge is 0.289 e. The molecule has 0 aromatic carbocycles. The molecule has 3 aromatic heterocycles. The summed E-state index contributed by atoms with van der Waals surface area (Å²) in [4.78, 5) is 26.1. The van der Waals surface area contributed by atoms with Crippen LogP contribution >= 0.6 is 22.9 Å². The number of carbonyl (C=O) groups is 1. The van der Waals surface area contributed by atoms with Gasteiger partial charge >= 0.3 is 0 Å². The van der Waals surface area contributed by atoms with Gasteiger partial charge in [0.05, 0.1) is 12.2 Å². The molecule has 114 valence electrons. The third-order valence-electron chi connectivity index (χ3n) is 3.11. The molecular formula is C13H13ClN6OS. The monoisotopic (exact) mass is 336 g/mol. The number of halogens is 1. The van der Waals surface area contributed by atoms with Crippen LogP contribution in [-0.4, -0.2) is 37.2 Å². The van der Waals surface area contributed by atoms with Crippen molar-refractivity contribution >= 4 is 45.1 Å². The average molecular weight is 337 g/mol. The van der Waals surface area contributed by atoms with Crippen molar-refractivity contribution in [3.8, 4) is 0 Å². The molecule has 0 unspecified atom stereocenters. The molecule has 9 heteroatoms. The van der Waals surface area contributed by atoms with Crippen LogP contribution in [0.4, 0.5) is 5.13 Å². The van der Waals surface area contributed by atoms with Crippen LogP contribution in [0.25, 0.3) is 11.2 Å². The van der Waals surface area contributed by atoms with Gasteiger partial charge in [-0.05, 0) is 6.92 Å². The molecule has 3 aromatic rings. The Labute approximate surface area is 135 Å². The maximum absolute atomic E-state index is 11.6. The first-order chi connectivity index (χ1) is 10.6. The summed E-state index contributed by atoms with van der Waals surface area (Å²) in [5.41, 5.74) is 1.98. The number of amides is 1. The van der Waals surface area contributed by atoms with E-state index in [-0.39, 0.29) is 5.91 Å². The standard InChI is InChI=1S/C13H13ClN6OS/c1-3-19(8(2)21)13-17-9(7-22-13)6-20-12-10(11(14)18-20)15-4-5-16-12/h4-5,7H,3,6H2,1-2H3. The highest BCUT2D eigenvalue weighted by Crippen LogP contribution is 2.23. The van der Waals surface area contributed by atoms with Crippen molar-refractivity contribution in [2.24, 2.45) is 0 Å². The summed E-state index contributed by atoms with van der Waals surface area (Å²) in [5.74, 6) is -0.0261. The van der Waals surface area contributed by atoms with Crippen LogP contribution in [0.2, 0.25) is 5.15 Å². The number of rotatable bonds is 4. The number of fused-ring (bicyclic) bond motifs is 1. The Morgan fingerprint density at radius 1 is 1.41 bits per heavy atom. The molecule has 0 aliphatic heterocycles. The number of thiazole rings is 1. The molecule has 3 heterocycles. The zero-order chi connectivity index (χ0) is 15.7. The number of carbonyl (C=O) groups excluding carboxylic acids is 1.